The van der Waals surface area contributed by atoms with Crippen LogP contribution in [0.1, 0.15) is 48.6 Å². The molecule has 0 amide bonds. The van der Waals surface area contributed by atoms with Gasteiger partial charge in [0.2, 0.25) is 5.06 Å². The third-order valence-corrected chi connectivity index (χ3v) is 6.23. The van der Waals surface area contributed by atoms with Gasteiger partial charge in [0.15, 0.2) is 5.75 Å². The van der Waals surface area contributed by atoms with Crippen molar-refractivity contribution in [3.05, 3.63) is 63.5 Å². The van der Waals surface area contributed by atoms with E-state index < -0.39 is 0 Å². The smallest absolute Gasteiger partial charge is 0.205 e. The molecule has 0 spiro atoms. The molecule has 1 aromatic heterocycles. The fourth-order valence-electron chi connectivity index (χ4n) is 3.84. The maximum atomic E-state index is 6.27. The lowest BCUT2D eigenvalue weighted by molar-refractivity contribution is 0.490. The lowest BCUT2D eigenvalue weighted by Gasteiger charge is -2.34. The molecule has 0 unspecified atom stereocenters. The maximum Gasteiger partial charge on any atom is 0.205 e. The van der Waals surface area contributed by atoms with Crippen LogP contribution < -0.4 is 9.64 Å². The summed E-state index contributed by atoms with van der Waals surface area (Å²) < 4.78 is 6.27. The van der Waals surface area contributed by atoms with Gasteiger partial charge in [0.05, 0.1) is 11.4 Å². The molecule has 1 aliphatic rings. The Morgan fingerprint density at radius 1 is 0.852 bits per heavy atom. The number of rotatable bonds is 1. The van der Waals surface area contributed by atoms with Crippen molar-refractivity contribution in [3.63, 3.8) is 0 Å². The van der Waals surface area contributed by atoms with Gasteiger partial charge < -0.3 is 9.64 Å². The van der Waals surface area contributed by atoms with E-state index in [1.165, 1.54) is 39.2 Å². The van der Waals surface area contributed by atoms with Gasteiger partial charge >= 0.3 is 0 Å². The molecule has 2 nitrogen and oxygen atoms in total. The minimum absolute atomic E-state index is 0.136. The zero-order valence-electron chi connectivity index (χ0n) is 17.2. The van der Waals surface area contributed by atoms with Crippen LogP contribution in [0.5, 0.6) is 10.8 Å². The number of ether oxygens (including phenoxy) is 1. The van der Waals surface area contributed by atoms with Crippen LogP contribution in [0.3, 0.4) is 0 Å². The Kier molecular flexibility index (Phi) is 4.12. The van der Waals surface area contributed by atoms with Crippen molar-refractivity contribution in [2.45, 2.75) is 53.9 Å². The van der Waals surface area contributed by atoms with Crippen molar-refractivity contribution in [1.29, 1.82) is 0 Å². The Hall–Kier alpha value is -2.26. The van der Waals surface area contributed by atoms with Crippen molar-refractivity contribution >= 4 is 28.4 Å². The van der Waals surface area contributed by atoms with E-state index in [1.54, 1.807) is 11.3 Å². The number of nitrogens with zero attached hydrogens (tertiary/aromatic N) is 1. The van der Waals surface area contributed by atoms with Gasteiger partial charge in [-0.05, 0) is 78.4 Å². The number of fused-ring (bicyclic) bond motifs is 2. The van der Waals surface area contributed by atoms with Gasteiger partial charge in [-0.1, -0.05) is 39.0 Å². The number of aryl methyl sites for hydroxylation is 4. The first-order chi connectivity index (χ1) is 12.7. The van der Waals surface area contributed by atoms with E-state index in [0.29, 0.717) is 0 Å². The fraction of sp³-hybridized carbons (Fsp3) is 0.333. The van der Waals surface area contributed by atoms with Gasteiger partial charge in [0.25, 0.3) is 0 Å². The van der Waals surface area contributed by atoms with Crippen molar-refractivity contribution in [1.82, 2.24) is 0 Å². The summed E-state index contributed by atoms with van der Waals surface area (Å²) in [5, 5.41) is 3.16. The zero-order valence-corrected chi connectivity index (χ0v) is 18.0. The highest BCUT2D eigenvalue weighted by molar-refractivity contribution is 7.12. The van der Waals surface area contributed by atoms with Crippen molar-refractivity contribution in [3.8, 4) is 10.8 Å². The SMILES string of the molecule is Cc1ccc2c(c1)Oc1scc(C)c1N2c1c(C)cc(C(C)(C)C)cc1C. The summed E-state index contributed by atoms with van der Waals surface area (Å²) in [5.41, 5.74) is 10.1. The topological polar surface area (TPSA) is 12.5 Å². The predicted molar refractivity (Wildman–Crippen MR) is 117 cm³/mol. The minimum Gasteiger partial charge on any atom is -0.442 e. The average Bonchev–Trinajstić information content (AvgIpc) is 2.93. The Morgan fingerprint density at radius 2 is 1.52 bits per heavy atom. The molecule has 0 fully saturated rings. The highest BCUT2D eigenvalue weighted by Gasteiger charge is 2.31. The molecular formula is C24H27NOS. The lowest BCUT2D eigenvalue weighted by Crippen LogP contribution is -2.19. The van der Waals surface area contributed by atoms with E-state index in [1.807, 2.05) is 0 Å². The molecule has 140 valence electrons. The quantitative estimate of drug-likeness (QED) is 0.335. The van der Waals surface area contributed by atoms with Crippen LogP contribution in [0.25, 0.3) is 0 Å². The van der Waals surface area contributed by atoms with Gasteiger partial charge in [-0.3, -0.25) is 0 Å². The molecule has 0 saturated carbocycles. The second-order valence-electron chi connectivity index (χ2n) is 8.67. The fourth-order valence-corrected chi connectivity index (χ4v) is 4.73. The van der Waals surface area contributed by atoms with Crippen LogP contribution in [0.15, 0.2) is 35.7 Å². The molecule has 0 aliphatic carbocycles. The van der Waals surface area contributed by atoms with E-state index in [4.69, 9.17) is 4.74 Å². The standard InChI is InChI=1S/C24H27NOS/c1-14-8-9-19-20(10-14)26-23-22(17(4)13-27-23)25(19)21-15(2)11-18(12-16(21)3)24(5,6)7/h8-13H,1-7H3. The van der Waals surface area contributed by atoms with Gasteiger partial charge in [-0.25, -0.2) is 0 Å². The first-order valence-electron chi connectivity index (χ1n) is 9.45. The zero-order chi connectivity index (χ0) is 19.5. The van der Waals surface area contributed by atoms with Crippen LogP contribution >= 0.6 is 11.3 Å². The first-order valence-corrected chi connectivity index (χ1v) is 10.3. The first kappa shape index (κ1) is 18.1. The third kappa shape index (κ3) is 2.94. The largest absolute Gasteiger partial charge is 0.442 e. The van der Waals surface area contributed by atoms with E-state index in [9.17, 15) is 0 Å². The lowest BCUT2D eigenvalue weighted by atomic mass is 9.84. The Labute approximate surface area is 166 Å². The van der Waals surface area contributed by atoms with Crippen molar-refractivity contribution in [2.24, 2.45) is 0 Å². The van der Waals surface area contributed by atoms with Crippen molar-refractivity contribution in [2.75, 3.05) is 4.90 Å². The minimum atomic E-state index is 0.136. The molecule has 0 bridgehead atoms. The summed E-state index contributed by atoms with van der Waals surface area (Å²) in [7, 11) is 0. The Bertz CT molecular complexity index is 1020. The molecule has 2 aromatic carbocycles. The number of hydrogen-bond donors (Lipinski definition) is 0. The highest BCUT2D eigenvalue weighted by Crippen LogP contribution is 2.55. The summed E-state index contributed by atoms with van der Waals surface area (Å²) in [4.78, 5) is 2.40. The second-order valence-corrected chi connectivity index (χ2v) is 9.51. The highest BCUT2D eigenvalue weighted by atomic mass is 32.1. The van der Waals surface area contributed by atoms with Gasteiger partial charge in [-0.2, -0.15) is 0 Å². The summed E-state index contributed by atoms with van der Waals surface area (Å²) >= 11 is 1.68. The van der Waals surface area contributed by atoms with Crippen LogP contribution in [0.2, 0.25) is 0 Å². The molecule has 3 aromatic rings. The Balaban J connectivity index is 1.99. The van der Waals surface area contributed by atoms with Gasteiger partial charge in [0.1, 0.15) is 5.69 Å². The van der Waals surface area contributed by atoms with Crippen molar-refractivity contribution < 1.29 is 4.74 Å². The number of thiophene rings is 1. The number of anilines is 3. The molecule has 0 N–H and O–H groups in total. The molecule has 0 saturated heterocycles. The van der Waals surface area contributed by atoms with Crippen LogP contribution in [-0.4, -0.2) is 0 Å². The summed E-state index contributed by atoms with van der Waals surface area (Å²) in [6, 6.07) is 11.2. The average molecular weight is 378 g/mol. The summed E-state index contributed by atoms with van der Waals surface area (Å²) in [6.45, 7) is 15.5. The van der Waals surface area contributed by atoms with Gasteiger partial charge in [0, 0.05) is 0 Å². The summed E-state index contributed by atoms with van der Waals surface area (Å²) in [5.74, 6) is 0.933. The molecule has 0 radical (unpaired) electrons. The number of hydrogen-bond acceptors (Lipinski definition) is 3. The molecular weight excluding hydrogens is 350 g/mol. The van der Waals surface area contributed by atoms with Crippen LogP contribution in [0.4, 0.5) is 17.1 Å². The normalized spacial score (nSPS) is 13.2. The molecule has 27 heavy (non-hydrogen) atoms. The predicted octanol–water partition coefficient (Wildman–Crippen LogP) is 7.85. The van der Waals surface area contributed by atoms with E-state index in [0.717, 1.165) is 16.5 Å². The van der Waals surface area contributed by atoms with Crippen LogP contribution in [0, 0.1) is 27.7 Å². The molecule has 1 aliphatic heterocycles. The van der Waals surface area contributed by atoms with E-state index in [-0.39, 0.29) is 5.41 Å². The maximum absolute atomic E-state index is 6.27. The molecule has 3 heteroatoms. The Morgan fingerprint density at radius 3 is 2.15 bits per heavy atom. The monoisotopic (exact) mass is 377 g/mol. The summed E-state index contributed by atoms with van der Waals surface area (Å²) in [6.07, 6.45) is 0. The van der Waals surface area contributed by atoms with Gasteiger partial charge in [-0.15, -0.1) is 11.3 Å². The van der Waals surface area contributed by atoms with E-state index in [2.05, 4.69) is 89.1 Å². The molecule has 0 atom stereocenters. The molecule has 2 heterocycles. The molecule has 4 rings (SSSR count). The number of benzene rings is 2. The second kappa shape index (κ2) is 6.13. The third-order valence-electron chi connectivity index (χ3n) is 5.27. The van der Waals surface area contributed by atoms with E-state index >= 15 is 0 Å². The van der Waals surface area contributed by atoms with Crippen LogP contribution in [-0.2, 0) is 5.41 Å².